The van der Waals surface area contributed by atoms with E-state index in [0.29, 0.717) is 6.10 Å². The molecule has 0 aliphatic heterocycles. The smallest absolute Gasteiger partial charge is 0.159 e. The maximum absolute atomic E-state index is 5.89. The van der Waals surface area contributed by atoms with Gasteiger partial charge in [0.05, 0.1) is 12.7 Å². The lowest BCUT2D eigenvalue weighted by atomic mass is 10.1. The van der Waals surface area contributed by atoms with Gasteiger partial charge in [0.15, 0.2) is 5.82 Å². The summed E-state index contributed by atoms with van der Waals surface area (Å²) in [6.45, 7) is 8.03. The molecule has 0 N–H and O–H groups in total. The lowest BCUT2D eigenvalue weighted by Gasteiger charge is -2.11. The zero-order chi connectivity index (χ0) is 23.6. The molecule has 2 rings (SSSR count). The van der Waals surface area contributed by atoms with Crippen LogP contribution < -0.4 is 4.74 Å². The van der Waals surface area contributed by atoms with Crippen molar-refractivity contribution in [3.63, 3.8) is 0 Å². The molecule has 1 atom stereocenters. The monoisotopic (exact) mass is 454 g/mol. The van der Waals surface area contributed by atoms with Crippen LogP contribution in [0.1, 0.15) is 103 Å². The van der Waals surface area contributed by atoms with Gasteiger partial charge in [-0.2, -0.15) is 0 Å². The van der Waals surface area contributed by atoms with Crippen LogP contribution >= 0.6 is 0 Å². The van der Waals surface area contributed by atoms with Crippen LogP contribution in [0.5, 0.6) is 5.75 Å². The number of hydrogen-bond acceptors (Lipinski definition) is 4. The number of ether oxygens (including phenoxy) is 2. The highest BCUT2D eigenvalue weighted by Crippen LogP contribution is 2.20. The van der Waals surface area contributed by atoms with Crippen molar-refractivity contribution in [3.05, 3.63) is 42.2 Å². The Morgan fingerprint density at radius 2 is 1.39 bits per heavy atom. The predicted molar refractivity (Wildman–Crippen MR) is 139 cm³/mol. The molecule has 33 heavy (non-hydrogen) atoms. The number of unbranched alkanes of at least 4 members (excludes halogenated alkanes) is 9. The molecule has 0 aliphatic carbocycles. The SMILES string of the molecule is CCCCCCCCCCc1cnc(-c2ccc(OCCCCCC(C)OCC)cc2)nc1. The molecule has 0 saturated heterocycles. The molecule has 4 heteroatoms. The van der Waals surface area contributed by atoms with Gasteiger partial charge in [0.1, 0.15) is 5.75 Å². The van der Waals surface area contributed by atoms with Crippen molar-refractivity contribution in [2.45, 2.75) is 110 Å². The second-order valence-electron chi connectivity index (χ2n) is 9.13. The number of aryl methyl sites for hydroxylation is 1. The molecule has 0 radical (unpaired) electrons. The summed E-state index contributed by atoms with van der Waals surface area (Å²) in [4.78, 5) is 9.18. The fourth-order valence-electron chi connectivity index (χ4n) is 4.06. The quantitative estimate of drug-likeness (QED) is 0.201. The van der Waals surface area contributed by atoms with Gasteiger partial charge in [-0.25, -0.2) is 9.97 Å². The second kappa shape index (κ2) is 17.5. The van der Waals surface area contributed by atoms with Crippen LogP contribution in [0.15, 0.2) is 36.7 Å². The van der Waals surface area contributed by atoms with Crippen LogP contribution in [-0.2, 0) is 11.2 Å². The standard InChI is InChI=1S/C29H46N2O2/c1-4-6-7-8-9-10-11-14-17-26-23-30-29(31-24-26)27-18-20-28(21-19-27)33-22-15-12-13-16-25(3)32-5-2/h18-21,23-25H,4-17,22H2,1-3H3. The minimum atomic E-state index is 0.366. The van der Waals surface area contributed by atoms with Crippen LogP contribution in [0.25, 0.3) is 11.4 Å². The first kappa shape index (κ1) is 27.3. The fraction of sp³-hybridized carbons (Fsp3) is 0.655. The van der Waals surface area contributed by atoms with Crippen molar-refractivity contribution >= 4 is 0 Å². The van der Waals surface area contributed by atoms with Crippen molar-refractivity contribution in [1.82, 2.24) is 9.97 Å². The van der Waals surface area contributed by atoms with Crippen LogP contribution in [0, 0.1) is 0 Å². The number of aromatic nitrogens is 2. The largest absolute Gasteiger partial charge is 0.494 e. The lowest BCUT2D eigenvalue weighted by molar-refractivity contribution is 0.0681. The van der Waals surface area contributed by atoms with E-state index in [1.165, 1.54) is 69.8 Å². The molecular weight excluding hydrogens is 408 g/mol. The van der Waals surface area contributed by atoms with Gasteiger partial charge in [-0.15, -0.1) is 0 Å². The first-order valence-corrected chi connectivity index (χ1v) is 13.4. The van der Waals surface area contributed by atoms with Crippen molar-refractivity contribution in [2.75, 3.05) is 13.2 Å². The second-order valence-corrected chi connectivity index (χ2v) is 9.13. The Hall–Kier alpha value is -1.94. The van der Waals surface area contributed by atoms with Gasteiger partial charge < -0.3 is 9.47 Å². The van der Waals surface area contributed by atoms with Gasteiger partial charge >= 0.3 is 0 Å². The summed E-state index contributed by atoms with van der Waals surface area (Å²) in [5, 5.41) is 0. The molecule has 1 aromatic heterocycles. The van der Waals surface area contributed by atoms with E-state index in [0.717, 1.165) is 49.6 Å². The van der Waals surface area contributed by atoms with Crippen LogP contribution in [0.2, 0.25) is 0 Å². The van der Waals surface area contributed by atoms with Crippen LogP contribution in [0.3, 0.4) is 0 Å². The lowest BCUT2D eigenvalue weighted by Crippen LogP contribution is -2.07. The highest BCUT2D eigenvalue weighted by molar-refractivity contribution is 5.55. The molecular formula is C29H46N2O2. The van der Waals surface area contributed by atoms with Crippen molar-refractivity contribution in [1.29, 1.82) is 0 Å². The van der Waals surface area contributed by atoms with Crippen molar-refractivity contribution in [3.8, 4) is 17.1 Å². The van der Waals surface area contributed by atoms with Crippen molar-refractivity contribution < 1.29 is 9.47 Å². The van der Waals surface area contributed by atoms with Crippen molar-refractivity contribution in [2.24, 2.45) is 0 Å². The Morgan fingerprint density at radius 1 is 0.758 bits per heavy atom. The zero-order valence-corrected chi connectivity index (χ0v) is 21.4. The maximum atomic E-state index is 5.89. The Labute approximate surface area is 202 Å². The molecule has 0 aliphatic rings. The van der Waals surface area contributed by atoms with E-state index in [-0.39, 0.29) is 0 Å². The summed E-state index contributed by atoms with van der Waals surface area (Å²) in [6.07, 6.45) is 20.7. The average molecular weight is 455 g/mol. The van der Waals surface area contributed by atoms with E-state index in [1.54, 1.807) is 0 Å². The van der Waals surface area contributed by atoms with Crippen LogP contribution in [-0.4, -0.2) is 29.3 Å². The number of hydrogen-bond donors (Lipinski definition) is 0. The van der Waals surface area contributed by atoms with E-state index in [2.05, 4.69) is 30.7 Å². The first-order valence-electron chi connectivity index (χ1n) is 13.4. The Balaban J connectivity index is 1.61. The minimum Gasteiger partial charge on any atom is -0.494 e. The van der Waals surface area contributed by atoms with E-state index < -0.39 is 0 Å². The third-order valence-corrected chi connectivity index (χ3v) is 6.11. The highest BCUT2D eigenvalue weighted by Gasteiger charge is 2.04. The molecule has 4 nitrogen and oxygen atoms in total. The molecule has 0 spiro atoms. The number of benzene rings is 1. The van der Waals surface area contributed by atoms with E-state index in [4.69, 9.17) is 9.47 Å². The van der Waals surface area contributed by atoms with Gasteiger partial charge in [0.25, 0.3) is 0 Å². The van der Waals surface area contributed by atoms with Gasteiger partial charge in [0.2, 0.25) is 0 Å². The average Bonchev–Trinajstić information content (AvgIpc) is 2.84. The number of rotatable bonds is 19. The molecule has 1 unspecified atom stereocenters. The van der Waals surface area contributed by atoms with Gasteiger partial charge in [-0.05, 0) is 75.8 Å². The molecule has 1 heterocycles. The summed E-state index contributed by atoms with van der Waals surface area (Å²) in [7, 11) is 0. The minimum absolute atomic E-state index is 0.366. The summed E-state index contributed by atoms with van der Waals surface area (Å²) in [5.74, 6) is 1.69. The number of nitrogens with zero attached hydrogens (tertiary/aromatic N) is 2. The van der Waals surface area contributed by atoms with Gasteiger partial charge in [-0.1, -0.05) is 58.3 Å². The predicted octanol–water partition coefficient (Wildman–Crippen LogP) is 8.19. The summed E-state index contributed by atoms with van der Waals surface area (Å²) >= 11 is 0. The molecule has 0 saturated carbocycles. The van der Waals surface area contributed by atoms with E-state index >= 15 is 0 Å². The molecule has 0 bridgehead atoms. The molecule has 0 amide bonds. The van der Waals surface area contributed by atoms with E-state index in [9.17, 15) is 0 Å². The molecule has 184 valence electrons. The molecule has 1 aromatic carbocycles. The third-order valence-electron chi connectivity index (χ3n) is 6.11. The Bertz CT molecular complexity index is 715. The maximum Gasteiger partial charge on any atom is 0.159 e. The fourth-order valence-corrected chi connectivity index (χ4v) is 4.06. The first-order chi connectivity index (χ1) is 16.2. The summed E-state index contributed by atoms with van der Waals surface area (Å²) < 4.78 is 11.5. The van der Waals surface area contributed by atoms with Gasteiger partial charge in [0, 0.05) is 24.6 Å². The van der Waals surface area contributed by atoms with Gasteiger partial charge in [-0.3, -0.25) is 0 Å². The molecule has 2 aromatic rings. The zero-order valence-electron chi connectivity index (χ0n) is 21.4. The van der Waals surface area contributed by atoms with E-state index in [1.807, 2.05) is 36.7 Å². The normalized spacial score (nSPS) is 12.1. The summed E-state index contributed by atoms with van der Waals surface area (Å²) in [5.41, 5.74) is 2.27. The third kappa shape index (κ3) is 12.2. The highest BCUT2D eigenvalue weighted by atomic mass is 16.5. The Morgan fingerprint density at radius 3 is 2.06 bits per heavy atom. The summed E-state index contributed by atoms with van der Waals surface area (Å²) in [6, 6.07) is 8.13. The topological polar surface area (TPSA) is 44.2 Å². The molecule has 0 fully saturated rings. The Kier molecular flexibility index (Phi) is 14.5. The van der Waals surface area contributed by atoms with Crippen LogP contribution in [0.4, 0.5) is 0 Å².